The number of alkyl halides is 4. The van der Waals surface area contributed by atoms with Crippen LogP contribution in [0.4, 0.5) is 17.6 Å². The zero-order valence-electron chi connectivity index (χ0n) is 9.02. The summed E-state index contributed by atoms with van der Waals surface area (Å²) in [5, 5.41) is 1.97. The molecule has 0 aromatic heterocycles. The lowest BCUT2D eigenvalue weighted by molar-refractivity contribution is -0.171. The van der Waals surface area contributed by atoms with Crippen LogP contribution in [0.25, 0.3) is 0 Å². The highest BCUT2D eigenvalue weighted by molar-refractivity contribution is 5.85. The highest BCUT2D eigenvalue weighted by Gasteiger charge is 2.51. The van der Waals surface area contributed by atoms with E-state index in [1.807, 2.05) is 5.32 Å². The number of nitrogens with one attached hydrogen (secondary N) is 1. The van der Waals surface area contributed by atoms with E-state index in [1.165, 1.54) is 0 Å². The van der Waals surface area contributed by atoms with Gasteiger partial charge in [0.05, 0.1) is 5.54 Å². The fraction of sp³-hybridized carbons (Fsp3) is 0.889. The summed E-state index contributed by atoms with van der Waals surface area (Å²) < 4.78 is 49.2. The first-order valence-electron chi connectivity index (χ1n) is 5.03. The number of carbonyl (C=O) groups excluding carboxylic acids is 1. The summed E-state index contributed by atoms with van der Waals surface area (Å²) in [6, 6.07) is 0. The van der Waals surface area contributed by atoms with Crippen molar-refractivity contribution < 1.29 is 22.4 Å². The van der Waals surface area contributed by atoms with Crippen molar-refractivity contribution in [1.29, 1.82) is 0 Å². The second-order valence-electron chi connectivity index (χ2n) is 4.07. The summed E-state index contributed by atoms with van der Waals surface area (Å²) in [4.78, 5) is 11.0. The Hall–Kier alpha value is -0.560. The molecule has 1 amide bonds. The molecule has 0 heterocycles. The molecule has 17 heavy (non-hydrogen) atoms. The third-order valence-corrected chi connectivity index (χ3v) is 2.91. The lowest BCUT2D eigenvalue weighted by Gasteiger charge is -2.30. The molecule has 1 rings (SSSR count). The van der Waals surface area contributed by atoms with E-state index in [-0.39, 0.29) is 19.0 Å². The Morgan fingerprint density at radius 3 is 2.18 bits per heavy atom. The molecule has 1 aliphatic carbocycles. The van der Waals surface area contributed by atoms with Gasteiger partial charge < -0.3 is 11.1 Å². The first-order valence-corrected chi connectivity index (χ1v) is 5.03. The van der Waals surface area contributed by atoms with Crippen molar-refractivity contribution in [3.63, 3.8) is 0 Å². The van der Waals surface area contributed by atoms with E-state index in [1.54, 1.807) is 0 Å². The van der Waals surface area contributed by atoms with Crippen molar-refractivity contribution in [3.05, 3.63) is 0 Å². The zero-order valence-corrected chi connectivity index (χ0v) is 9.84. The number of nitrogens with two attached hydrogens (primary N) is 1. The Kier molecular flexibility index (Phi) is 5.67. The van der Waals surface area contributed by atoms with Crippen LogP contribution in [-0.4, -0.2) is 30.3 Å². The average molecular weight is 279 g/mol. The molecule has 0 unspecified atom stereocenters. The minimum Gasteiger partial charge on any atom is -0.344 e. The van der Waals surface area contributed by atoms with Crippen molar-refractivity contribution in [2.75, 3.05) is 6.54 Å². The summed E-state index contributed by atoms with van der Waals surface area (Å²) in [5.74, 6) is -6.58. The molecule has 0 aliphatic heterocycles. The third-order valence-electron chi connectivity index (χ3n) is 2.91. The molecule has 1 aliphatic rings. The number of halogens is 5. The van der Waals surface area contributed by atoms with Gasteiger partial charge >= 0.3 is 12.3 Å². The number of amides is 1. The van der Waals surface area contributed by atoms with Gasteiger partial charge in [0, 0.05) is 6.54 Å². The van der Waals surface area contributed by atoms with Gasteiger partial charge in [-0.25, -0.2) is 8.78 Å². The van der Waals surface area contributed by atoms with Crippen LogP contribution in [0.15, 0.2) is 0 Å². The van der Waals surface area contributed by atoms with Gasteiger partial charge in [0.1, 0.15) is 0 Å². The maximum absolute atomic E-state index is 12.7. The quantitative estimate of drug-likeness (QED) is 0.769. The van der Waals surface area contributed by atoms with E-state index < -0.39 is 23.8 Å². The van der Waals surface area contributed by atoms with E-state index in [9.17, 15) is 22.4 Å². The van der Waals surface area contributed by atoms with Crippen molar-refractivity contribution in [2.45, 2.75) is 43.6 Å². The van der Waals surface area contributed by atoms with E-state index in [2.05, 4.69) is 0 Å². The van der Waals surface area contributed by atoms with E-state index in [0.29, 0.717) is 12.8 Å². The van der Waals surface area contributed by atoms with Gasteiger partial charge in [-0.05, 0) is 12.8 Å². The first-order chi connectivity index (χ1) is 7.34. The molecule has 8 heteroatoms. The van der Waals surface area contributed by atoms with Crippen LogP contribution in [0.1, 0.15) is 25.7 Å². The predicted molar refractivity (Wildman–Crippen MR) is 56.6 cm³/mol. The molecule has 0 saturated heterocycles. The average Bonchev–Trinajstić information content (AvgIpc) is 2.66. The van der Waals surface area contributed by atoms with Gasteiger partial charge in [-0.2, -0.15) is 8.78 Å². The van der Waals surface area contributed by atoms with E-state index in [0.717, 1.165) is 12.8 Å². The van der Waals surface area contributed by atoms with Gasteiger partial charge in [-0.3, -0.25) is 4.79 Å². The fourth-order valence-electron chi connectivity index (χ4n) is 1.86. The van der Waals surface area contributed by atoms with E-state index in [4.69, 9.17) is 5.73 Å². The lowest BCUT2D eigenvalue weighted by Crippen LogP contribution is -2.57. The maximum atomic E-state index is 12.7. The van der Waals surface area contributed by atoms with Crippen LogP contribution in [0.5, 0.6) is 0 Å². The van der Waals surface area contributed by atoms with Crippen LogP contribution >= 0.6 is 12.4 Å². The molecule has 102 valence electrons. The molecular formula is C9H15ClF4N2O. The monoisotopic (exact) mass is 278 g/mol. The molecular weight excluding hydrogens is 264 g/mol. The topological polar surface area (TPSA) is 55.1 Å². The van der Waals surface area contributed by atoms with Gasteiger partial charge in [-0.1, -0.05) is 12.8 Å². The molecule has 0 bridgehead atoms. The maximum Gasteiger partial charge on any atom is 0.383 e. The van der Waals surface area contributed by atoms with Crippen molar-refractivity contribution in [3.8, 4) is 0 Å². The van der Waals surface area contributed by atoms with Crippen LogP contribution in [0, 0.1) is 0 Å². The number of rotatable bonds is 4. The molecule has 0 spiro atoms. The van der Waals surface area contributed by atoms with Crippen LogP contribution in [0.2, 0.25) is 0 Å². The van der Waals surface area contributed by atoms with Crippen molar-refractivity contribution in [2.24, 2.45) is 5.73 Å². The summed E-state index contributed by atoms with van der Waals surface area (Å²) in [7, 11) is 0. The molecule has 0 aromatic rings. The van der Waals surface area contributed by atoms with Gasteiger partial charge in [0.2, 0.25) is 0 Å². The normalized spacial score (nSPS) is 18.9. The van der Waals surface area contributed by atoms with Crippen molar-refractivity contribution in [1.82, 2.24) is 5.32 Å². The molecule has 3 nitrogen and oxygen atoms in total. The zero-order chi connectivity index (χ0) is 12.4. The third kappa shape index (κ3) is 3.45. The molecule has 0 atom stereocenters. The number of hydrogen-bond donors (Lipinski definition) is 2. The number of hydrogen-bond acceptors (Lipinski definition) is 2. The summed E-state index contributed by atoms with van der Waals surface area (Å²) in [5.41, 5.74) is 4.45. The molecule has 0 radical (unpaired) electrons. The van der Waals surface area contributed by atoms with Gasteiger partial charge in [0.25, 0.3) is 5.91 Å². The summed E-state index contributed by atoms with van der Waals surface area (Å²) in [6.45, 7) is -0.0158. The second kappa shape index (κ2) is 5.86. The highest BCUT2D eigenvalue weighted by Crippen LogP contribution is 2.31. The molecule has 0 aromatic carbocycles. The Morgan fingerprint density at radius 2 is 1.82 bits per heavy atom. The van der Waals surface area contributed by atoms with Crippen LogP contribution < -0.4 is 11.1 Å². The SMILES string of the molecule is Cl.NCC1(NC(=O)C(F)(F)C(F)F)CCCC1. The minimum absolute atomic E-state index is 0. The second-order valence-corrected chi connectivity index (χ2v) is 4.07. The van der Waals surface area contributed by atoms with Crippen LogP contribution in [0.3, 0.4) is 0 Å². The van der Waals surface area contributed by atoms with E-state index >= 15 is 0 Å². The Balaban J connectivity index is 0.00000256. The molecule has 3 N–H and O–H groups in total. The van der Waals surface area contributed by atoms with Crippen LogP contribution in [-0.2, 0) is 4.79 Å². The molecule has 1 saturated carbocycles. The van der Waals surface area contributed by atoms with Gasteiger partial charge in [-0.15, -0.1) is 12.4 Å². The summed E-state index contributed by atoms with van der Waals surface area (Å²) in [6.07, 6.45) is -1.60. The largest absolute Gasteiger partial charge is 0.383 e. The summed E-state index contributed by atoms with van der Waals surface area (Å²) >= 11 is 0. The molecule has 1 fully saturated rings. The smallest absolute Gasteiger partial charge is 0.344 e. The lowest BCUT2D eigenvalue weighted by atomic mass is 9.97. The first kappa shape index (κ1) is 16.4. The Morgan fingerprint density at radius 1 is 1.35 bits per heavy atom. The van der Waals surface area contributed by atoms with Gasteiger partial charge in [0.15, 0.2) is 0 Å². The Labute approximate surface area is 103 Å². The Bertz CT molecular complexity index is 270. The predicted octanol–water partition coefficient (Wildman–Crippen LogP) is 1.70. The fourth-order valence-corrected chi connectivity index (χ4v) is 1.86. The van der Waals surface area contributed by atoms with Crippen molar-refractivity contribution >= 4 is 18.3 Å². The minimum atomic E-state index is -4.65. The highest BCUT2D eigenvalue weighted by atomic mass is 35.5. The standard InChI is InChI=1S/C9H14F4N2O.ClH/c10-6(11)9(12,13)7(16)15-8(5-14)3-1-2-4-8;/h6H,1-5,14H2,(H,15,16);1H. The number of carbonyl (C=O) groups is 1.